The highest BCUT2D eigenvalue weighted by Gasteiger charge is 2.19. The van der Waals surface area contributed by atoms with Crippen molar-refractivity contribution in [2.75, 3.05) is 13.2 Å². The Morgan fingerprint density at radius 3 is 0.735 bits per heavy atom. The van der Waals surface area contributed by atoms with Crippen molar-refractivity contribution in [3.63, 3.8) is 0 Å². The molecule has 83 heavy (non-hydrogen) atoms. The third-order valence-corrected chi connectivity index (χ3v) is 15.9. The minimum absolute atomic E-state index is 0.0726. The molecule has 0 aliphatic carbocycles. The zero-order valence-corrected chi connectivity index (χ0v) is 55.2. The minimum Gasteiger partial charge on any atom is -0.462 e. The monoisotopic (exact) mass is 1160 g/mol. The number of unbranched alkanes of at least 4 members (excludes halogenated alkanes) is 41. The molecule has 0 amide bonds. The highest BCUT2D eigenvalue weighted by molar-refractivity contribution is 5.71. The Hall–Kier alpha value is -3.41. The number of allylic oxidation sites excluding steroid dienone is 14. The van der Waals surface area contributed by atoms with Crippen LogP contribution in [0.25, 0.3) is 0 Å². The summed E-state index contributed by atoms with van der Waals surface area (Å²) in [7, 11) is 0. The average molecular weight is 1160 g/mol. The summed E-state index contributed by atoms with van der Waals surface area (Å²) in [5.74, 6) is -0.859. The van der Waals surface area contributed by atoms with Gasteiger partial charge in [-0.25, -0.2) is 0 Å². The predicted molar refractivity (Wildman–Crippen MR) is 362 cm³/mol. The van der Waals surface area contributed by atoms with Crippen molar-refractivity contribution >= 4 is 17.9 Å². The van der Waals surface area contributed by atoms with Crippen molar-refractivity contribution in [2.24, 2.45) is 0 Å². The molecule has 0 aliphatic rings. The van der Waals surface area contributed by atoms with Crippen LogP contribution in [0, 0.1) is 0 Å². The molecule has 0 saturated heterocycles. The van der Waals surface area contributed by atoms with E-state index >= 15 is 0 Å². The second-order valence-electron chi connectivity index (χ2n) is 24.1. The van der Waals surface area contributed by atoms with Crippen molar-refractivity contribution < 1.29 is 28.6 Å². The van der Waals surface area contributed by atoms with Crippen LogP contribution < -0.4 is 0 Å². The van der Waals surface area contributed by atoms with Crippen LogP contribution in [0.15, 0.2) is 85.1 Å². The van der Waals surface area contributed by atoms with Crippen LogP contribution in [-0.2, 0) is 28.6 Å². The van der Waals surface area contributed by atoms with E-state index in [1.54, 1.807) is 0 Å². The molecule has 0 bridgehead atoms. The molecule has 0 aromatic heterocycles. The second-order valence-corrected chi connectivity index (χ2v) is 24.1. The standard InChI is InChI=1S/C77H136O6/c1-4-7-10-13-16-19-21-23-25-27-29-31-33-35-36-37-38-39-40-42-43-45-47-49-51-53-55-58-61-64-67-70-76(79)82-73-74(72-81-75(78)69-66-63-60-57-18-15-12-9-6-3)83-77(80)71-68-65-62-59-56-54-52-50-48-46-44-41-34-32-30-28-26-24-22-20-17-14-11-8-5-2/h8,11,17,20-21,23-24,26-27,29-30,32-33,35,74H,4-7,9-10,12-16,18-19,22,25,28,31,34,36-73H2,1-3H3/b11-8-,20-17-,23-21-,26-24-,29-27-,32-30-,35-33-. The van der Waals surface area contributed by atoms with E-state index in [1.165, 1.54) is 231 Å². The summed E-state index contributed by atoms with van der Waals surface area (Å²) in [5.41, 5.74) is 0. The van der Waals surface area contributed by atoms with Gasteiger partial charge in [0.05, 0.1) is 0 Å². The Morgan fingerprint density at radius 2 is 0.470 bits per heavy atom. The molecular weight excluding hydrogens is 1020 g/mol. The van der Waals surface area contributed by atoms with Gasteiger partial charge in [0.1, 0.15) is 13.2 Å². The van der Waals surface area contributed by atoms with Gasteiger partial charge in [0.15, 0.2) is 6.10 Å². The number of carbonyl (C=O) groups excluding carboxylic acids is 3. The lowest BCUT2D eigenvalue weighted by Gasteiger charge is -2.18. The zero-order valence-electron chi connectivity index (χ0n) is 55.2. The van der Waals surface area contributed by atoms with Crippen molar-refractivity contribution in [2.45, 2.75) is 374 Å². The van der Waals surface area contributed by atoms with Crippen LogP contribution in [0.5, 0.6) is 0 Å². The van der Waals surface area contributed by atoms with E-state index in [0.717, 1.165) is 96.3 Å². The maximum atomic E-state index is 12.9. The maximum Gasteiger partial charge on any atom is 0.306 e. The van der Waals surface area contributed by atoms with Gasteiger partial charge in [0.25, 0.3) is 0 Å². The van der Waals surface area contributed by atoms with E-state index in [2.05, 4.69) is 106 Å². The third kappa shape index (κ3) is 69.3. The van der Waals surface area contributed by atoms with Gasteiger partial charge in [-0.2, -0.15) is 0 Å². The molecule has 6 heteroatoms. The third-order valence-electron chi connectivity index (χ3n) is 15.9. The molecule has 0 N–H and O–H groups in total. The molecule has 480 valence electrons. The van der Waals surface area contributed by atoms with E-state index in [-0.39, 0.29) is 31.1 Å². The highest BCUT2D eigenvalue weighted by Crippen LogP contribution is 2.18. The topological polar surface area (TPSA) is 78.9 Å². The first-order chi connectivity index (χ1) is 41.0. The first-order valence-corrected chi connectivity index (χ1v) is 36.1. The highest BCUT2D eigenvalue weighted by atomic mass is 16.6. The van der Waals surface area contributed by atoms with Crippen molar-refractivity contribution in [1.29, 1.82) is 0 Å². The molecule has 0 aliphatic heterocycles. The van der Waals surface area contributed by atoms with Crippen molar-refractivity contribution in [1.82, 2.24) is 0 Å². The molecule has 0 saturated carbocycles. The largest absolute Gasteiger partial charge is 0.462 e. The van der Waals surface area contributed by atoms with Gasteiger partial charge in [-0.3, -0.25) is 14.4 Å². The van der Waals surface area contributed by atoms with Gasteiger partial charge in [-0.05, 0) is 96.3 Å². The molecule has 1 atom stereocenters. The summed E-state index contributed by atoms with van der Waals surface area (Å²) in [6, 6.07) is 0. The molecule has 0 aromatic carbocycles. The molecule has 6 nitrogen and oxygen atoms in total. The normalized spacial score (nSPS) is 12.6. The smallest absolute Gasteiger partial charge is 0.306 e. The molecule has 0 aromatic rings. The summed E-state index contributed by atoms with van der Waals surface area (Å²) in [6.07, 6.45) is 94.9. The van der Waals surface area contributed by atoms with E-state index in [0.29, 0.717) is 19.3 Å². The number of rotatable bonds is 66. The summed E-state index contributed by atoms with van der Waals surface area (Å²) in [5, 5.41) is 0. The number of hydrogen-bond donors (Lipinski definition) is 0. The van der Waals surface area contributed by atoms with E-state index in [9.17, 15) is 14.4 Å². The Balaban J connectivity index is 4.11. The fourth-order valence-corrected chi connectivity index (χ4v) is 10.5. The zero-order chi connectivity index (χ0) is 59.9. The molecule has 0 spiro atoms. The summed E-state index contributed by atoms with van der Waals surface area (Å²) in [4.78, 5) is 38.3. The Kier molecular flexibility index (Phi) is 68.2. The molecule has 0 heterocycles. The fourth-order valence-electron chi connectivity index (χ4n) is 10.5. The van der Waals surface area contributed by atoms with Crippen LogP contribution in [0.1, 0.15) is 367 Å². The molecule has 0 rings (SSSR count). The van der Waals surface area contributed by atoms with Gasteiger partial charge in [-0.15, -0.1) is 0 Å². The number of carbonyl (C=O) groups is 3. The summed E-state index contributed by atoms with van der Waals surface area (Å²) >= 11 is 0. The average Bonchev–Trinajstić information content (AvgIpc) is 3.49. The van der Waals surface area contributed by atoms with Gasteiger partial charge >= 0.3 is 17.9 Å². The van der Waals surface area contributed by atoms with Crippen LogP contribution >= 0.6 is 0 Å². The summed E-state index contributed by atoms with van der Waals surface area (Å²) in [6.45, 7) is 6.54. The van der Waals surface area contributed by atoms with E-state index in [4.69, 9.17) is 14.2 Å². The number of esters is 3. The van der Waals surface area contributed by atoms with Crippen molar-refractivity contribution in [3.05, 3.63) is 85.1 Å². The van der Waals surface area contributed by atoms with Crippen LogP contribution in [0.4, 0.5) is 0 Å². The molecule has 1 unspecified atom stereocenters. The van der Waals surface area contributed by atoms with E-state index in [1.807, 2.05) is 0 Å². The second kappa shape index (κ2) is 71.1. The van der Waals surface area contributed by atoms with Crippen molar-refractivity contribution in [3.8, 4) is 0 Å². The molecule has 0 radical (unpaired) electrons. The molecular formula is C77H136O6. The van der Waals surface area contributed by atoms with Gasteiger partial charge in [0, 0.05) is 19.3 Å². The van der Waals surface area contributed by atoms with Crippen LogP contribution in [0.3, 0.4) is 0 Å². The van der Waals surface area contributed by atoms with Gasteiger partial charge in [0.2, 0.25) is 0 Å². The van der Waals surface area contributed by atoms with Crippen LogP contribution in [0.2, 0.25) is 0 Å². The first kappa shape index (κ1) is 79.6. The SMILES string of the molecule is CC/C=C\C/C=C\C/C=C\C/C=C\CCCCCCCCCCCCCCC(=O)OC(COC(=O)CCCCCCCCCCC)COC(=O)CCCCCCCCCCCCCCCCCC/C=C\C/C=C\C/C=C\CCCCCCC. The Labute approximate surface area is 515 Å². The number of ether oxygens (including phenoxy) is 3. The van der Waals surface area contributed by atoms with E-state index < -0.39 is 6.10 Å². The Bertz CT molecular complexity index is 1570. The fraction of sp³-hybridized carbons (Fsp3) is 0.779. The first-order valence-electron chi connectivity index (χ1n) is 36.1. The maximum absolute atomic E-state index is 12.9. The molecule has 0 fully saturated rings. The lowest BCUT2D eigenvalue weighted by Crippen LogP contribution is -2.30. The van der Waals surface area contributed by atoms with Gasteiger partial charge in [-0.1, -0.05) is 337 Å². The number of hydrogen-bond acceptors (Lipinski definition) is 6. The van der Waals surface area contributed by atoms with Gasteiger partial charge < -0.3 is 14.2 Å². The predicted octanol–water partition coefficient (Wildman–Crippen LogP) is 25.0. The lowest BCUT2D eigenvalue weighted by atomic mass is 10.0. The minimum atomic E-state index is -0.775. The Morgan fingerprint density at radius 1 is 0.253 bits per heavy atom. The lowest BCUT2D eigenvalue weighted by molar-refractivity contribution is -0.167. The summed E-state index contributed by atoms with van der Waals surface area (Å²) < 4.78 is 16.9. The quantitative estimate of drug-likeness (QED) is 0.0261. The van der Waals surface area contributed by atoms with Crippen LogP contribution in [-0.4, -0.2) is 37.2 Å².